The third-order valence-electron chi connectivity index (χ3n) is 3.97. The summed E-state index contributed by atoms with van der Waals surface area (Å²) in [6.45, 7) is 2.47. The molecule has 6 nitrogen and oxygen atoms in total. The van der Waals surface area contributed by atoms with E-state index < -0.39 is 18.6 Å². The van der Waals surface area contributed by atoms with Crippen molar-refractivity contribution in [2.45, 2.75) is 30.9 Å². The molecule has 2 aromatic heterocycles. The Kier molecular flexibility index (Phi) is 5.59. The number of rotatable bonds is 5. The first kappa shape index (κ1) is 20.1. The number of nitrogens with zero attached hydrogens (tertiary/aromatic N) is 5. The number of alkyl halides is 3. The number of hydrogen-bond donors (Lipinski definition) is 0. The molecule has 0 aliphatic carbocycles. The van der Waals surface area contributed by atoms with Gasteiger partial charge in [0, 0.05) is 29.8 Å². The van der Waals surface area contributed by atoms with Crippen molar-refractivity contribution < 1.29 is 18.0 Å². The molecule has 0 atom stereocenters. The monoisotopic (exact) mass is 409 g/mol. The van der Waals surface area contributed by atoms with Crippen molar-refractivity contribution >= 4 is 23.4 Å². The lowest BCUT2D eigenvalue weighted by Crippen LogP contribution is -2.36. The van der Waals surface area contributed by atoms with Gasteiger partial charge in [0.25, 0.3) is 11.7 Å². The average Bonchev–Trinajstić information content (AvgIpc) is 3.01. The van der Waals surface area contributed by atoms with E-state index in [1.54, 1.807) is 22.7 Å². The van der Waals surface area contributed by atoms with Crippen LogP contribution in [0.15, 0.2) is 35.5 Å². The van der Waals surface area contributed by atoms with E-state index in [0.29, 0.717) is 27.2 Å². The Bertz CT molecular complexity index is 1020. The second kappa shape index (κ2) is 7.78. The minimum absolute atomic E-state index is 0.232. The Balaban J connectivity index is 1.79. The number of halogens is 3. The maximum atomic E-state index is 12.6. The fraction of sp³-hybridized carbons (Fsp3) is 0.333. The Morgan fingerprint density at radius 3 is 2.64 bits per heavy atom. The highest BCUT2D eigenvalue weighted by molar-refractivity contribution is 7.98. The van der Waals surface area contributed by atoms with Crippen LogP contribution in [0.1, 0.15) is 27.3 Å². The molecule has 2 heterocycles. The highest BCUT2D eigenvalue weighted by atomic mass is 32.2. The van der Waals surface area contributed by atoms with Crippen molar-refractivity contribution in [3.63, 3.8) is 0 Å². The molecule has 0 spiro atoms. The SMILES string of the molecule is Cc1cc(C)n2nc(SCc3ccccc3C(=O)N(C)CC(F)(F)F)nc2n1. The summed E-state index contributed by atoms with van der Waals surface area (Å²) in [6, 6.07) is 8.49. The lowest BCUT2D eigenvalue weighted by atomic mass is 10.1. The lowest BCUT2D eigenvalue weighted by Gasteiger charge is -2.20. The number of hydrogen-bond acceptors (Lipinski definition) is 5. The van der Waals surface area contributed by atoms with E-state index in [1.807, 2.05) is 19.9 Å². The summed E-state index contributed by atoms with van der Waals surface area (Å²) in [5.74, 6) is 0.148. The van der Waals surface area contributed by atoms with Crippen LogP contribution in [0, 0.1) is 13.8 Å². The van der Waals surface area contributed by atoms with Gasteiger partial charge in [0.05, 0.1) is 0 Å². The largest absolute Gasteiger partial charge is 0.406 e. The summed E-state index contributed by atoms with van der Waals surface area (Å²) in [4.78, 5) is 21.8. The molecule has 3 aromatic rings. The van der Waals surface area contributed by atoms with E-state index in [0.717, 1.165) is 18.4 Å². The van der Waals surface area contributed by atoms with Gasteiger partial charge in [-0.2, -0.15) is 18.2 Å². The Hall–Kier alpha value is -2.62. The molecule has 0 unspecified atom stereocenters. The zero-order valence-electron chi connectivity index (χ0n) is 15.5. The summed E-state index contributed by atoms with van der Waals surface area (Å²) in [6.07, 6.45) is -4.45. The number of amides is 1. The molecular weight excluding hydrogens is 391 g/mol. The molecule has 0 N–H and O–H groups in total. The van der Waals surface area contributed by atoms with Gasteiger partial charge in [-0.25, -0.2) is 9.50 Å². The van der Waals surface area contributed by atoms with Gasteiger partial charge in [-0.05, 0) is 31.5 Å². The van der Waals surface area contributed by atoms with Crippen LogP contribution in [0.5, 0.6) is 0 Å². The summed E-state index contributed by atoms with van der Waals surface area (Å²) in [7, 11) is 1.14. The number of carbonyl (C=O) groups excluding carboxylic acids is 1. The van der Waals surface area contributed by atoms with Gasteiger partial charge in [0.15, 0.2) is 0 Å². The highest BCUT2D eigenvalue weighted by Gasteiger charge is 2.32. The second-order valence-corrected chi connectivity index (χ2v) is 7.31. The molecule has 3 rings (SSSR count). The minimum Gasteiger partial charge on any atom is -0.333 e. The van der Waals surface area contributed by atoms with Crippen molar-refractivity contribution in [2.75, 3.05) is 13.6 Å². The maximum Gasteiger partial charge on any atom is 0.406 e. The molecular formula is C18H18F3N5OS. The molecule has 10 heteroatoms. The first-order chi connectivity index (χ1) is 13.1. The summed E-state index contributed by atoms with van der Waals surface area (Å²) >= 11 is 1.29. The quantitative estimate of drug-likeness (QED) is 0.602. The Morgan fingerprint density at radius 1 is 1.21 bits per heavy atom. The summed E-state index contributed by atoms with van der Waals surface area (Å²) < 4.78 is 39.4. The molecule has 0 saturated carbocycles. The standard InChI is InChI=1S/C18H18F3N5OS/c1-11-8-12(2)26-16(22-11)23-17(24-26)28-9-13-6-4-5-7-14(13)15(27)25(3)10-18(19,20)21/h4-8H,9-10H2,1-3H3. The Labute approximate surface area is 163 Å². The van der Waals surface area contributed by atoms with E-state index >= 15 is 0 Å². The average molecular weight is 409 g/mol. The van der Waals surface area contributed by atoms with Crippen LogP contribution in [-0.2, 0) is 5.75 Å². The van der Waals surface area contributed by atoms with Crippen LogP contribution in [0.4, 0.5) is 13.2 Å². The van der Waals surface area contributed by atoms with Crippen molar-refractivity contribution in [2.24, 2.45) is 0 Å². The fourth-order valence-electron chi connectivity index (χ4n) is 2.75. The third kappa shape index (κ3) is 4.61. The molecule has 28 heavy (non-hydrogen) atoms. The van der Waals surface area contributed by atoms with Gasteiger partial charge in [-0.1, -0.05) is 30.0 Å². The van der Waals surface area contributed by atoms with Gasteiger partial charge >= 0.3 is 6.18 Å². The number of benzene rings is 1. The number of thioether (sulfide) groups is 1. The first-order valence-corrected chi connectivity index (χ1v) is 9.36. The minimum atomic E-state index is -4.45. The smallest absolute Gasteiger partial charge is 0.333 e. The van der Waals surface area contributed by atoms with Crippen molar-refractivity contribution in [3.8, 4) is 0 Å². The van der Waals surface area contributed by atoms with Crippen LogP contribution in [0.3, 0.4) is 0 Å². The van der Waals surface area contributed by atoms with Crippen molar-refractivity contribution in [1.29, 1.82) is 0 Å². The maximum absolute atomic E-state index is 12.6. The molecule has 0 aliphatic rings. The fourth-order valence-corrected chi connectivity index (χ4v) is 3.57. The predicted octanol–water partition coefficient (Wildman–Crippen LogP) is 3.67. The summed E-state index contributed by atoms with van der Waals surface area (Å²) in [5, 5.41) is 4.87. The molecule has 148 valence electrons. The van der Waals surface area contributed by atoms with Crippen LogP contribution >= 0.6 is 11.8 Å². The van der Waals surface area contributed by atoms with Gasteiger partial charge in [-0.15, -0.1) is 5.10 Å². The van der Waals surface area contributed by atoms with Gasteiger partial charge < -0.3 is 4.90 Å². The third-order valence-corrected chi connectivity index (χ3v) is 4.85. The van der Waals surface area contributed by atoms with Gasteiger partial charge in [-0.3, -0.25) is 4.79 Å². The molecule has 0 aliphatic heterocycles. The molecule has 0 saturated heterocycles. The predicted molar refractivity (Wildman–Crippen MR) is 99.3 cm³/mol. The zero-order chi connectivity index (χ0) is 20.5. The number of carbonyl (C=O) groups is 1. The first-order valence-electron chi connectivity index (χ1n) is 8.38. The van der Waals surface area contributed by atoms with E-state index in [1.165, 1.54) is 17.8 Å². The van der Waals surface area contributed by atoms with Crippen LogP contribution in [-0.4, -0.2) is 50.2 Å². The van der Waals surface area contributed by atoms with E-state index in [-0.39, 0.29) is 5.56 Å². The van der Waals surface area contributed by atoms with Crippen molar-refractivity contribution in [3.05, 3.63) is 52.8 Å². The van der Waals surface area contributed by atoms with Crippen molar-refractivity contribution in [1.82, 2.24) is 24.5 Å². The highest BCUT2D eigenvalue weighted by Crippen LogP contribution is 2.24. The summed E-state index contributed by atoms with van der Waals surface area (Å²) in [5.41, 5.74) is 2.57. The Morgan fingerprint density at radius 2 is 1.93 bits per heavy atom. The topological polar surface area (TPSA) is 63.4 Å². The number of aromatic nitrogens is 4. The van der Waals surface area contributed by atoms with Gasteiger partial charge in [0.2, 0.25) is 5.16 Å². The molecule has 1 amide bonds. The van der Waals surface area contributed by atoms with Crippen LogP contribution in [0.2, 0.25) is 0 Å². The van der Waals surface area contributed by atoms with E-state index in [9.17, 15) is 18.0 Å². The molecule has 0 fully saturated rings. The number of aryl methyl sites for hydroxylation is 2. The van der Waals surface area contributed by atoms with E-state index in [4.69, 9.17) is 0 Å². The van der Waals surface area contributed by atoms with Crippen LogP contribution < -0.4 is 0 Å². The molecule has 1 aromatic carbocycles. The van der Waals surface area contributed by atoms with Crippen LogP contribution in [0.25, 0.3) is 5.78 Å². The normalized spacial score (nSPS) is 11.8. The second-order valence-electron chi connectivity index (χ2n) is 6.37. The van der Waals surface area contributed by atoms with E-state index in [2.05, 4.69) is 15.1 Å². The van der Waals surface area contributed by atoms with Gasteiger partial charge in [0.1, 0.15) is 6.54 Å². The number of fused-ring (bicyclic) bond motifs is 1. The molecule has 0 radical (unpaired) electrons. The zero-order valence-corrected chi connectivity index (χ0v) is 16.3. The molecule has 0 bridgehead atoms. The lowest BCUT2D eigenvalue weighted by molar-refractivity contribution is -0.138.